The molecule has 0 bridgehead atoms. The molecular formula is C19H28N4O3. The van der Waals surface area contributed by atoms with Crippen molar-refractivity contribution in [3.63, 3.8) is 0 Å². The lowest BCUT2D eigenvalue weighted by molar-refractivity contribution is 0.0311. The van der Waals surface area contributed by atoms with Crippen molar-refractivity contribution in [1.82, 2.24) is 19.4 Å². The molecule has 1 aliphatic rings. The minimum atomic E-state index is -0.176. The third-order valence-electron chi connectivity index (χ3n) is 5.29. The first-order valence-electron chi connectivity index (χ1n) is 9.14. The zero-order chi connectivity index (χ0) is 18.9. The van der Waals surface area contributed by atoms with E-state index in [1.54, 1.807) is 16.7 Å². The Hall–Kier alpha value is -2.12. The van der Waals surface area contributed by atoms with Crippen LogP contribution in [0.2, 0.25) is 0 Å². The van der Waals surface area contributed by atoms with Crippen LogP contribution in [0.25, 0.3) is 11.0 Å². The van der Waals surface area contributed by atoms with E-state index in [4.69, 9.17) is 4.74 Å². The normalized spacial score (nSPS) is 17.8. The number of likely N-dealkylation sites (N-methyl/N-ethyl adjacent to an activating group) is 1. The molecule has 0 radical (unpaired) electrons. The number of aromatic amines is 1. The second kappa shape index (κ2) is 7.25. The summed E-state index contributed by atoms with van der Waals surface area (Å²) in [7, 11) is 2.09. The highest BCUT2D eigenvalue weighted by atomic mass is 16.5. The fourth-order valence-electron chi connectivity index (χ4n) is 3.41. The van der Waals surface area contributed by atoms with E-state index in [0.29, 0.717) is 43.9 Å². The number of imidazole rings is 1. The number of rotatable bonds is 5. The summed E-state index contributed by atoms with van der Waals surface area (Å²) in [6.45, 7) is 10.1. The number of carbonyl (C=O) groups excluding carboxylic acids is 1. The second-order valence-corrected chi connectivity index (χ2v) is 7.47. The van der Waals surface area contributed by atoms with E-state index < -0.39 is 0 Å². The van der Waals surface area contributed by atoms with Gasteiger partial charge in [-0.15, -0.1) is 0 Å². The molecule has 1 saturated heterocycles. The minimum Gasteiger partial charge on any atom is -0.380 e. The summed E-state index contributed by atoms with van der Waals surface area (Å²) in [5.74, 6) is 0.0102. The maximum absolute atomic E-state index is 12.9. The Labute approximate surface area is 153 Å². The van der Waals surface area contributed by atoms with Crippen molar-refractivity contribution in [2.75, 3.05) is 39.9 Å². The van der Waals surface area contributed by atoms with E-state index in [1.807, 2.05) is 17.9 Å². The zero-order valence-corrected chi connectivity index (χ0v) is 16.0. The van der Waals surface area contributed by atoms with Crippen molar-refractivity contribution < 1.29 is 9.53 Å². The first-order chi connectivity index (χ1) is 12.3. The van der Waals surface area contributed by atoms with Crippen molar-refractivity contribution >= 4 is 16.9 Å². The van der Waals surface area contributed by atoms with Gasteiger partial charge in [0, 0.05) is 37.3 Å². The summed E-state index contributed by atoms with van der Waals surface area (Å²) < 4.78 is 6.99. The van der Waals surface area contributed by atoms with E-state index in [-0.39, 0.29) is 17.1 Å². The molecule has 1 aromatic heterocycles. The fraction of sp³-hybridized carbons (Fsp3) is 0.579. The molecule has 1 amide bonds. The average Bonchev–Trinajstić information content (AvgIpc) is 2.91. The third-order valence-corrected chi connectivity index (χ3v) is 5.29. The van der Waals surface area contributed by atoms with E-state index in [0.717, 1.165) is 12.1 Å². The lowest BCUT2D eigenvalue weighted by atomic mass is 9.99. The van der Waals surface area contributed by atoms with E-state index >= 15 is 0 Å². The first-order valence-corrected chi connectivity index (χ1v) is 9.14. The van der Waals surface area contributed by atoms with Gasteiger partial charge >= 0.3 is 5.69 Å². The van der Waals surface area contributed by atoms with Gasteiger partial charge in [0.2, 0.25) is 0 Å². The largest absolute Gasteiger partial charge is 0.380 e. The van der Waals surface area contributed by atoms with Gasteiger partial charge in [0.05, 0.1) is 24.2 Å². The van der Waals surface area contributed by atoms with Crippen LogP contribution in [0.1, 0.15) is 31.1 Å². The molecule has 0 unspecified atom stereocenters. The summed E-state index contributed by atoms with van der Waals surface area (Å²) in [4.78, 5) is 32.1. The highest BCUT2D eigenvalue weighted by Gasteiger charge is 2.33. The lowest BCUT2D eigenvalue weighted by Gasteiger charge is -2.45. The van der Waals surface area contributed by atoms with Crippen molar-refractivity contribution in [2.45, 2.75) is 32.9 Å². The number of amides is 1. The number of aromatic nitrogens is 2. The quantitative estimate of drug-likeness (QED) is 0.821. The van der Waals surface area contributed by atoms with Gasteiger partial charge in [-0.25, -0.2) is 4.79 Å². The van der Waals surface area contributed by atoms with E-state index in [2.05, 4.69) is 30.8 Å². The van der Waals surface area contributed by atoms with Gasteiger partial charge in [0.15, 0.2) is 0 Å². The molecule has 0 atom stereocenters. The van der Waals surface area contributed by atoms with Crippen LogP contribution in [0.3, 0.4) is 0 Å². The van der Waals surface area contributed by atoms with Gasteiger partial charge < -0.3 is 14.6 Å². The van der Waals surface area contributed by atoms with Gasteiger partial charge in [-0.3, -0.25) is 14.3 Å². The number of ether oxygens (including phenoxy) is 1. The van der Waals surface area contributed by atoms with Crippen LogP contribution in [0.4, 0.5) is 0 Å². The third kappa shape index (κ3) is 3.54. The smallest absolute Gasteiger partial charge is 0.326 e. The minimum absolute atomic E-state index is 0.0102. The molecule has 2 aromatic rings. The number of hydrogen-bond donors (Lipinski definition) is 1. The van der Waals surface area contributed by atoms with Crippen LogP contribution in [0.15, 0.2) is 23.0 Å². The molecular weight excluding hydrogens is 332 g/mol. The van der Waals surface area contributed by atoms with Crippen LogP contribution in [0.5, 0.6) is 0 Å². The second-order valence-electron chi connectivity index (χ2n) is 7.47. The molecule has 1 aromatic carbocycles. The van der Waals surface area contributed by atoms with Gasteiger partial charge in [0.25, 0.3) is 5.91 Å². The summed E-state index contributed by atoms with van der Waals surface area (Å²) in [5.41, 5.74) is 1.87. The summed E-state index contributed by atoms with van der Waals surface area (Å²) in [6.07, 6.45) is 0. The Balaban J connectivity index is 1.83. The van der Waals surface area contributed by atoms with Gasteiger partial charge in [-0.2, -0.15) is 0 Å². The Morgan fingerprint density at radius 2 is 2.08 bits per heavy atom. The van der Waals surface area contributed by atoms with Crippen molar-refractivity contribution in [3.8, 4) is 0 Å². The van der Waals surface area contributed by atoms with Crippen LogP contribution < -0.4 is 5.69 Å². The molecule has 1 aliphatic heterocycles. The molecule has 3 rings (SSSR count). The molecule has 0 saturated carbocycles. The van der Waals surface area contributed by atoms with Gasteiger partial charge in [-0.1, -0.05) is 0 Å². The molecule has 2 heterocycles. The Morgan fingerprint density at radius 3 is 2.77 bits per heavy atom. The van der Waals surface area contributed by atoms with E-state index in [9.17, 15) is 9.59 Å². The summed E-state index contributed by atoms with van der Waals surface area (Å²) in [6, 6.07) is 5.43. The highest BCUT2D eigenvalue weighted by Crippen LogP contribution is 2.21. The number of nitrogens with one attached hydrogen (secondary N) is 1. The number of H-pyrrole nitrogens is 1. The van der Waals surface area contributed by atoms with Gasteiger partial charge in [0.1, 0.15) is 0 Å². The summed E-state index contributed by atoms with van der Waals surface area (Å²) in [5, 5.41) is 0. The van der Waals surface area contributed by atoms with Crippen LogP contribution >= 0.6 is 0 Å². The molecule has 7 heteroatoms. The van der Waals surface area contributed by atoms with Crippen molar-refractivity contribution in [1.29, 1.82) is 0 Å². The zero-order valence-electron chi connectivity index (χ0n) is 16.0. The SMILES string of the molecule is CCOCCn1c(=O)[nH]c2cc(C(=O)N3CCN(C)C(C)(C)C3)ccc21. The van der Waals surface area contributed by atoms with E-state index in [1.165, 1.54) is 0 Å². The monoisotopic (exact) mass is 360 g/mol. The molecule has 0 spiro atoms. The first kappa shape index (κ1) is 18.7. The maximum atomic E-state index is 12.9. The van der Waals surface area contributed by atoms with Crippen LogP contribution in [-0.4, -0.2) is 70.7 Å². The van der Waals surface area contributed by atoms with Crippen LogP contribution in [-0.2, 0) is 11.3 Å². The van der Waals surface area contributed by atoms with Crippen molar-refractivity contribution in [2.24, 2.45) is 0 Å². The van der Waals surface area contributed by atoms with Gasteiger partial charge in [-0.05, 0) is 46.0 Å². The lowest BCUT2D eigenvalue weighted by Crippen LogP contribution is -2.58. The fourth-order valence-corrected chi connectivity index (χ4v) is 3.41. The highest BCUT2D eigenvalue weighted by molar-refractivity contribution is 5.97. The van der Waals surface area contributed by atoms with Crippen molar-refractivity contribution in [3.05, 3.63) is 34.2 Å². The molecule has 1 N–H and O–H groups in total. The maximum Gasteiger partial charge on any atom is 0.326 e. The Morgan fingerprint density at radius 1 is 1.31 bits per heavy atom. The number of piperazine rings is 1. The number of nitrogens with zero attached hydrogens (tertiary/aromatic N) is 3. The number of benzene rings is 1. The molecule has 142 valence electrons. The number of hydrogen-bond acceptors (Lipinski definition) is 4. The predicted molar refractivity (Wildman–Crippen MR) is 102 cm³/mol. The Bertz CT molecular complexity index is 852. The predicted octanol–water partition coefficient (Wildman–Crippen LogP) is 1.53. The average molecular weight is 360 g/mol. The molecule has 1 fully saturated rings. The molecule has 26 heavy (non-hydrogen) atoms. The number of carbonyl (C=O) groups is 1. The Kier molecular flexibility index (Phi) is 5.20. The molecule has 0 aliphatic carbocycles. The topological polar surface area (TPSA) is 70.6 Å². The standard InChI is InChI=1S/C19H28N4O3/c1-5-26-11-10-23-16-7-6-14(12-15(16)20-18(23)25)17(24)22-9-8-21(4)19(2,3)13-22/h6-7,12H,5,8-11,13H2,1-4H3,(H,20,25). The number of fused-ring (bicyclic) bond motifs is 1. The molecule has 7 nitrogen and oxygen atoms in total. The summed E-state index contributed by atoms with van der Waals surface area (Å²) >= 11 is 0. The van der Waals surface area contributed by atoms with Crippen LogP contribution in [0, 0.1) is 0 Å².